The number of ether oxygens (including phenoxy) is 7. The molecule has 0 spiro atoms. The van der Waals surface area contributed by atoms with Gasteiger partial charge in [0.1, 0.15) is 36.6 Å². The third kappa shape index (κ3) is 3.20. The Morgan fingerprint density at radius 3 is 1.73 bits per heavy atom. The highest BCUT2D eigenvalue weighted by molar-refractivity contribution is 5.08. The predicted molar refractivity (Wildman–Crippen MR) is 88.3 cm³/mol. The second-order valence-corrected chi connectivity index (χ2v) is 8.43. The molecule has 0 aromatic rings. The lowest BCUT2D eigenvalue weighted by molar-refractivity contribution is -0.313. The summed E-state index contributed by atoms with van der Waals surface area (Å²) in [5, 5.41) is 10.8. The maximum atomic E-state index is 10.8. The zero-order valence-corrected chi connectivity index (χ0v) is 16.1. The quantitative estimate of drug-likeness (QED) is 0.731. The van der Waals surface area contributed by atoms with Crippen molar-refractivity contribution in [2.45, 2.75) is 94.5 Å². The number of hydrogen-bond donors (Lipinski definition) is 1. The highest BCUT2D eigenvalue weighted by Crippen LogP contribution is 2.46. The van der Waals surface area contributed by atoms with Crippen molar-refractivity contribution in [1.82, 2.24) is 0 Å². The molecule has 0 amide bonds. The summed E-state index contributed by atoms with van der Waals surface area (Å²) in [5.41, 5.74) is 0. The molecule has 1 saturated carbocycles. The summed E-state index contributed by atoms with van der Waals surface area (Å²) in [6.07, 6.45) is -2.18. The van der Waals surface area contributed by atoms with Crippen LogP contribution in [0.1, 0.15) is 40.5 Å². The van der Waals surface area contributed by atoms with Gasteiger partial charge in [-0.3, -0.25) is 0 Å². The van der Waals surface area contributed by atoms with Crippen LogP contribution in [0.4, 0.5) is 0 Å². The van der Waals surface area contributed by atoms with Crippen molar-refractivity contribution in [1.29, 1.82) is 0 Å². The molecule has 26 heavy (non-hydrogen) atoms. The van der Waals surface area contributed by atoms with Crippen LogP contribution < -0.4 is 0 Å². The highest BCUT2D eigenvalue weighted by Gasteiger charge is 2.64. The average Bonchev–Trinajstić information content (AvgIpc) is 3.08. The molecule has 0 aromatic carbocycles. The molecule has 1 N–H and O–H groups in total. The number of aliphatic hydroxyl groups is 1. The maximum absolute atomic E-state index is 10.8. The minimum atomic E-state index is -0.860. The smallest absolute Gasteiger partial charge is 0.172 e. The Hall–Kier alpha value is -0.320. The number of rotatable bonds is 3. The topological polar surface area (TPSA) is 84.8 Å². The summed E-state index contributed by atoms with van der Waals surface area (Å²) >= 11 is 0. The van der Waals surface area contributed by atoms with E-state index in [1.54, 1.807) is 7.11 Å². The van der Waals surface area contributed by atoms with Gasteiger partial charge in [-0.05, 0) is 27.7 Å². The van der Waals surface area contributed by atoms with Crippen molar-refractivity contribution in [2.24, 2.45) is 0 Å². The Balaban J connectivity index is 1.65. The molecular weight excluding hydrogens is 344 g/mol. The van der Waals surface area contributed by atoms with Crippen LogP contribution in [0.5, 0.6) is 0 Å². The largest absolute Gasteiger partial charge is 0.387 e. The van der Waals surface area contributed by atoms with Gasteiger partial charge in [0.2, 0.25) is 0 Å². The van der Waals surface area contributed by atoms with E-state index in [1.165, 1.54) is 0 Å². The highest BCUT2D eigenvalue weighted by atomic mass is 16.8. The second-order valence-electron chi connectivity index (χ2n) is 8.43. The Bertz CT molecular complexity index is 497. The van der Waals surface area contributed by atoms with Gasteiger partial charge < -0.3 is 38.3 Å². The first-order valence-electron chi connectivity index (χ1n) is 9.35. The van der Waals surface area contributed by atoms with Crippen molar-refractivity contribution in [3.8, 4) is 0 Å². The first kappa shape index (κ1) is 19.0. The van der Waals surface area contributed by atoms with Crippen LogP contribution in [0, 0.1) is 0 Å². The van der Waals surface area contributed by atoms with Gasteiger partial charge in [0.15, 0.2) is 17.4 Å². The average molecular weight is 374 g/mol. The zero-order chi connectivity index (χ0) is 18.7. The van der Waals surface area contributed by atoms with Crippen LogP contribution >= 0.6 is 0 Å². The molecule has 4 fully saturated rings. The third-order valence-electron chi connectivity index (χ3n) is 5.63. The molecule has 6 atom stereocenters. The Labute approximate surface area is 154 Å². The number of hydrogen-bond acceptors (Lipinski definition) is 8. The number of fused-ring (bicyclic) bond motifs is 2. The number of aliphatic hydroxyl groups excluding tert-OH is 1. The van der Waals surface area contributed by atoms with Gasteiger partial charge in [-0.1, -0.05) is 0 Å². The van der Waals surface area contributed by atoms with E-state index >= 15 is 0 Å². The SMILES string of the molecule is COC1(OC2[C@H]3OC(C)(C)O[C@@H]3C(O)[C@H]3OC(C)(C)O[C@@H]23)CCOCC1. The van der Waals surface area contributed by atoms with Gasteiger partial charge in [0.25, 0.3) is 0 Å². The van der Waals surface area contributed by atoms with Crippen molar-refractivity contribution in [3.63, 3.8) is 0 Å². The maximum Gasteiger partial charge on any atom is 0.172 e. The fourth-order valence-corrected chi connectivity index (χ4v) is 4.48. The van der Waals surface area contributed by atoms with Crippen LogP contribution in [0.3, 0.4) is 0 Å². The fraction of sp³-hybridized carbons (Fsp3) is 1.00. The molecule has 150 valence electrons. The third-order valence-corrected chi connectivity index (χ3v) is 5.63. The van der Waals surface area contributed by atoms with E-state index in [9.17, 15) is 5.11 Å². The van der Waals surface area contributed by atoms with E-state index < -0.39 is 54.0 Å². The molecule has 3 heterocycles. The number of methoxy groups -OCH3 is 1. The molecule has 4 rings (SSSR count). The Morgan fingerprint density at radius 2 is 1.27 bits per heavy atom. The van der Waals surface area contributed by atoms with E-state index in [4.69, 9.17) is 33.2 Å². The van der Waals surface area contributed by atoms with Crippen molar-refractivity contribution >= 4 is 0 Å². The molecule has 3 aliphatic heterocycles. The van der Waals surface area contributed by atoms with E-state index in [0.717, 1.165) is 0 Å². The zero-order valence-electron chi connectivity index (χ0n) is 16.1. The van der Waals surface area contributed by atoms with E-state index in [2.05, 4.69) is 0 Å². The molecule has 4 aliphatic rings. The van der Waals surface area contributed by atoms with Crippen LogP contribution in [-0.2, 0) is 33.2 Å². The predicted octanol–water partition coefficient (Wildman–Crippen LogP) is 0.939. The van der Waals surface area contributed by atoms with Crippen molar-refractivity contribution < 1.29 is 38.3 Å². The van der Waals surface area contributed by atoms with E-state index in [1.807, 2.05) is 27.7 Å². The monoisotopic (exact) mass is 374 g/mol. The lowest BCUT2D eigenvalue weighted by atomic mass is 9.84. The van der Waals surface area contributed by atoms with Crippen LogP contribution in [0.15, 0.2) is 0 Å². The normalized spacial score (nSPS) is 45.9. The van der Waals surface area contributed by atoms with Crippen molar-refractivity contribution in [2.75, 3.05) is 20.3 Å². The van der Waals surface area contributed by atoms with E-state index in [-0.39, 0.29) is 0 Å². The molecule has 8 heteroatoms. The molecule has 3 saturated heterocycles. The summed E-state index contributed by atoms with van der Waals surface area (Å²) in [6, 6.07) is 0. The van der Waals surface area contributed by atoms with Crippen LogP contribution in [0.2, 0.25) is 0 Å². The Morgan fingerprint density at radius 1 is 0.808 bits per heavy atom. The standard InChI is InChI=1S/C18H30O8/c1-16(2)22-11-10(19)12-14(25-17(3,4)23-12)15(13(11)24-16)26-18(20-5)6-8-21-9-7-18/h10-15,19H,6-9H2,1-5H3/t10?,11-,12-,13-,14+,15?/m1/s1. The van der Waals surface area contributed by atoms with Gasteiger partial charge in [-0.2, -0.15) is 0 Å². The van der Waals surface area contributed by atoms with Gasteiger partial charge >= 0.3 is 0 Å². The minimum Gasteiger partial charge on any atom is -0.387 e. The van der Waals surface area contributed by atoms with Crippen LogP contribution in [0.25, 0.3) is 0 Å². The molecule has 1 aliphatic carbocycles. The molecule has 2 unspecified atom stereocenters. The van der Waals surface area contributed by atoms with Gasteiger partial charge in [0.05, 0.1) is 13.2 Å². The lowest BCUT2D eigenvalue weighted by Gasteiger charge is -2.46. The first-order chi connectivity index (χ1) is 12.2. The fourth-order valence-electron chi connectivity index (χ4n) is 4.48. The molecular formula is C18H30O8. The summed E-state index contributed by atoms with van der Waals surface area (Å²) < 4.78 is 41.9. The molecule has 8 nitrogen and oxygen atoms in total. The second kappa shape index (κ2) is 6.35. The summed E-state index contributed by atoms with van der Waals surface area (Å²) in [5.74, 6) is -2.41. The lowest BCUT2D eigenvalue weighted by Crippen LogP contribution is -2.64. The Kier molecular flexibility index (Phi) is 4.65. The summed E-state index contributed by atoms with van der Waals surface area (Å²) in [4.78, 5) is 0. The summed E-state index contributed by atoms with van der Waals surface area (Å²) in [6.45, 7) is 8.45. The first-order valence-corrected chi connectivity index (χ1v) is 9.35. The molecule has 0 bridgehead atoms. The van der Waals surface area contributed by atoms with Gasteiger partial charge in [-0.15, -0.1) is 0 Å². The van der Waals surface area contributed by atoms with Crippen LogP contribution in [-0.4, -0.2) is 79.4 Å². The van der Waals surface area contributed by atoms with Gasteiger partial charge in [-0.25, -0.2) is 0 Å². The van der Waals surface area contributed by atoms with Gasteiger partial charge in [0, 0.05) is 20.0 Å². The summed E-state index contributed by atoms with van der Waals surface area (Å²) in [7, 11) is 1.64. The minimum absolute atomic E-state index is 0.478. The van der Waals surface area contributed by atoms with Crippen molar-refractivity contribution in [3.05, 3.63) is 0 Å². The molecule has 0 aromatic heterocycles. The molecule has 0 radical (unpaired) electrons. The van der Waals surface area contributed by atoms with E-state index in [0.29, 0.717) is 26.1 Å².